The third kappa shape index (κ3) is 42.0. The maximum atomic E-state index is 4.97. The molecule has 1 rings (SSSR count). The summed E-state index contributed by atoms with van der Waals surface area (Å²) in [4.78, 5) is 0. The van der Waals surface area contributed by atoms with Crippen molar-refractivity contribution >= 4 is 27.9 Å². The van der Waals surface area contributed by atoms with E-state index in [9.17, 15) is 0 Å². The van der Waals surface area contributed by atoms with Gasteiger partial charge >= 0.3 is 42.6 Å². The SMILES string of the molecule is [CH-]1CCCC1.[CH2-]C.[CH2-]C.[Cl][Ti]([Cl])[Cl]. The Hall–Kier alpha value is 1.58. The summed E-state index contributed by atoms with van der Waals surface area (Å²) in [7, 11) is 14.9. The van der Waals surface area contributed by atoms with E-state index < -0.39 is 14.7 Å². The van der Waals surface area contributed by atoms with Gasteiger partial charge in [-0.25, -0.2) is 0 Å². The Morgan fingerprint density at radius 3 is 1.23 bits per heavy atom. The molecule has 1 saturated carbocycles. The van der Waals surface area contributed by atoms with Gasteiger partial charge in [-0.3, -0.25) is 0 Å². The molecule has 0 aliphatic heterocycles. The molecule has 0 bridgehead atoms. The van der Waals surface area contributed by atoms with E-state index in [1.807, 2.05) is 0 Å². The van der Waals surface area contributed by atoms with Gasteiger partial charge in [-0.05, 0) is 0 Å². The summed E-state index contributed by atoms with van der Waals surface area (Å²) in [6, 6.07) is 0. The summed E-state index contributed by atoms with van der Waals surface area (Å²) in [6.07, 6.45) is 8.00. The van der Waals surface area contributed by atoms with Gasteiger partial charge in [-0.2, -0.15) is 26.7 Å². The molecule has 0 aromatic rings. The van der Waals surface area contributed by atoms with Gasteiger partial charge in [-0.15, -0.1) is 0 Å². The van der Waals surface area contributed by atoms with Crippen LogP contribution >= 0.6 is 27.9 Å². The molecular weight excluding hydrogens is 262 g/mol. The van der Waals surface area contributed by atoms with Crippen LogP contribution in [0, 0.1) is 20.3 Å². The Bertz CT molecular complexity index is 46.5. The fraction of sp³-hybridized carbons (Fsp3) is 0.667. The summed E-state index contributed by atoms with van der Waals surface area (Å²) in [5.74, 6) is 0. The van der Waals surface area contributed by atoms with Crippen LogP contribution in [0.1, 0.15) is 39.5 Å². The van der Waals surface area contributed by atoms with Gasteiger partial charge in [0.25, 0.3) is 0 Å². The molecule has 0 nitrogen and oxygen atoms in total. The topological polar surface area (TPSA) is 0 Å². The van der Waals surface area contributed by atoms with Crippen molar-refractivity contribution in [2.75, 3.05) is 0 Å². The van der Waals surface area contributed by atoms with Crippen LogP contribution in [-0.4, -0.2) is 0 Å². The Labute approximate surface area is 102 Å². The van der Waals surface area contributed by atoms with E-state index in [1.165, 1.54) is 25.7 Å². The number of hydrogen-bond acceptors (Lipinski definition) is 0. The molecule has 4 heteroatoms. The van der Waals surface area contributed by atoms with Crippen LogP contribution in [0.15, 0.2) is 0 Å². The molecule has 0 N–H and O–H groups in total. The predicted molar refractivity (Wildman–Crippen MR) is 62.4 cm³/mol. The van der Waals surface area contributed by atoms with Crippen LogP contribution in [0.4, 0.5) is 0 Å². The van der Waals surface area contributed by atoms with Crippen LogP contribution in [0.5, 0.6) is 0 Å². The van der Waals surface area contributed by atoms with Gasteiger partial charge in [0.05, 0.1) is 0 Å². The molecule has 0 heterocycles. The molecule has 83 valence electrons. The van der Waals surface area contributed by atoms with Crippen LogP contribution in [0.2, 0.25) is 0 Å². The maximum absolute atomic E-state index is 4.97. The predicted octanol–water partition coefficient (Wildman–Crippen LogP) is 5.51. The molecule has 0 aromatic carbocycles. The van der Waals surface area contributed by atoms with Crippen molar-refractivity contribution in [1.29, 1.82) is 0 Å². The summed E-state index contributed by atoms with van der Waals surface area (Å²) < 4.78 is 0. The van der Waals surface area contributed by atoms with Crippen molar-refractivity contribution in [3.8, 4) is 0 Å². The van der Waals surface area contributed by atoms with E-state index in [0.717, 1.165) is 0 Å². The van der Waals surface area contributed by atoms with Gasteiger partial charge in [0.15, 0.2) is 0 Å². The molecule has 0 atom stereocenters. The second kappa shape index (κ2) is 23.4. The van der Waals surface area contributed by atoms with Crippen molar-refractivity contribution in [2.45, 2.75) is 39.5 Å². The summed E-state index contributed by atoms with van der Waals surface area (Å²) in [6.45, 7) is 10.0. The van der Waals surface area contributed by atoms with Crippen molar-refractivity contribution in [1.82, 2.24) is 0 Å². The minimum absolute atomic E-state index is 1.38. The first-order valence-corrected chi connectivity index (χ1v) is 10.7. The summed E-state index contributed by atoms with van der Waals surface area (Å²) in [5.41, 5.74) is 0. The number of rotatable bonds is 0. The van der Waals surface area contributed by atoms with Crippen molar-refractivity contribution in [2.24, 2.45) is 0 Å². The molecule has 0 amide bonds. The van der Waals surface area contributed by atoms with Gasteiger partial charge in [0.1, 0.15) is 0 Å². The van der Waals surface area contributed by atoms with E-state index in [4.69, 9.17) is 27.9 Å². The van der Waals surface area contributed by atoms with Crippen LogP contribution < -0.4 is 0 Å². The first-order valence-electron chi connectivity index (χ1n) is 4.30. The fourth-order valence-electron chi connectivity index (χ4n) is 0.722. The normalized spacial score (nSPS) is 12.2. The zero-order valence-electron chi connectivity index (χ0n) is 8.45. The molecule has 0 unspecified atom stereocenters. The molecule has 13 heavy (non-hydrogen) atoms. The molecule has 1 aliphatic rings. The van der Waals surface area contributed by atoms with Crippen molar-refractivity contribution in [3.63, 3.8) is 0 Å². The molecule has 1 aliphatic carbocycles. The van der Waals surface area contributed by atoms with E-state index >= 15 is 0 Å². The van der Waals surface area contributed by atoms with Crippen molar-refractivity contribution in [3.05, 3.63) is 20.3 Å². The van der Waals surface area contributed by atoms with E-state index in [0.29, 0.717) is 0 Å². The quantitative estimate of drug-likeness (QED) is 0.405. The molecule has 0 aromatic heterocycles. The van der Waals surface area contributed by atoms with Crippen LogP contribution in [0.3, 0.4) is 0 Å². The average molecular weight is 281 g/mol. The number of halogens is 3. The average Bonchev–Trinajstić information content (AvgIpc) is 2.67. The molecule has 0 spiro atoms. The molecule has 0 saturated heterocycles. The summed E-state index contributed by atoms with van der Waals surface area (Å²) in [5, 5.41) is 0. The molecule has 1 fully saturated rings. The molecule has 0 radical (unpaired) electrons. The minimum atomic E-state index is -1.92. The van der Waals surface area contributed by atoms with E-state index in [2.05, 4.69) is 20.3 Å². The first-order chi connectivity index (χ1) is 6.23. The molecular formula is C9H19Cl3Ti-3. The van der Waals surface area contributed by atoms with Crippen LogP contribution in [-0.2, 0) is 14.7 Å². The number of hydrogen-bond donors (Lipinski definition) is 0. The monoisotopic (exact) mass is 280 g/mol. The second-order valence-corrected chi connectivity index (χ2v) is 9.52. The Morgan fingerprint density at radius 1 is 0.923 bits per heavy atom. The Kier molecular flexibility index (Phi) is 36.1. The second-order valence-electron chi connectivity index (χ2n) is 1.79. The fourth-order valence-corrected chi connectivity index (χ4v) is 0.722. The standard InChI is InChI=1S/C5H9.2C2H5.3ClH.Ti/c1-2-4-5-3-1;2*1-2;;;;/h1H,2-5H2;2*1H2,2H3;3*1H;/q3*-1;;;;+3/p-3. The summed E-state index contributed by atoms with van der Waals surface area (Å²) >= 11 is -1.92. The van der Waals surface area contributed by atoms with Crippen LogP contribution in [0.25, 0.3) is 0 Å². The van der Waals surface area contributed by atoms with Gasteiger partial charge < -0.3 is 20.3 Å². The zero-order valence-corrected chi connectivity index (χ0v) is 12.3. The van der Waals surface area contributed by atoms with Gasteiger partial charge in [0, 0.05) is 0 Å². The van der Waals surface area contributed by atoms with E-state index in [1.54, 1.807) is 13.8 Å². The first kappa shape index (κ1) is 20.1. The zero-order chi connectivity index (χ0) is 11.1. The Balaban J connectivity index is -0.000000114. The van der Waals surface area contributed by atoms with Crippen molar-refractivity contribution < 1.29 is 14.7 Å². The Morgan fingerprint density at radius 2 is 1.15 bits per heavy atom. The van der Waals surface area contributed by atoms with E-state index in [-0.39, 0.29) is 0 Å². The third-order valence-corrected chi connectivity index (χ3v) is 1.07. The van der Waals surface area contributed by atoms with Gasteiger partial charge in [-0.1, -0.05) is 12.8 Å². The third-order valence-electron chi connectivity index (χ3n) is 1.07. The van der Waals surface area contributed by atoms with Gasteiger partial charge in [0.2, 0.25) is 0 Å².